The second kappa shape index (κ2) is 6.98. The highest BCUT2D eigenvalue weighted by Crippen LogP contribution is 2.27. The van der Waals surface area contributed by atoms with Crippen LogP contribution in [0.15, 0.2) is 74.7 Å². The third kappa shape index (κ3) is 3.76. The van der Waals surface area contributed by atoms with E-state index >= 15 is 0 Å². The molecule has 0 radical (unpaired) electrons. The lowest BCUT2D eigenvalue weighted by Crippen LogP contribution is -2.14. The van der Waals surface area contributed by atoms with Gasteiger partial charge in [-0.15, -0.1) is 4.40 Å². The molecule has 1 amide bonds. The normalized spacial score (nSPS) is 14.3. The Hall–Kier alpha value is -2.97. The number of benzene rings is 2. The molecule has 6 nitrogen and oxygen atoms in total. The van der Waals surface area contributed by atoms with E-state index in [1.165, 1.54) is 6.07 Å². The minimum atomic E-state index is -3.72. The SMILES string of the molecule is O=C(Cc1ccsc1)Nc1ccc(OC2=NS(=O)(=O)c3ccccc32)cc1. The summed E-state index contributed by atoms with van der Waals surface area (Å²) in [5.41, 5.74) is 2.03. The fraction of sp³-hybridized carbons (Fsp3) is 0.0526. The molecule has 1 N–H and O–H groups in total. The van der Waals surface area contributed by atoms with Crippen molar-refractivity contribution in [3.8, 4) is 5.75 Å². The zero-order valence-corrected chi connectivity index (χ0v) is 15.6. The van der Waals surface area contributed by atoms with Gasteiger partial charge in [-0.2, -0.15) is 19.8 Å². The molecule has 27 heavy (non-hydrogen) atoms. The van der Waals surface area contributed by atoms with Crippen molar-refractivity contribution >= 4 is 38.9 Å². The van der Waals surface area contributed by atoms with Gasteiger partial charge < -0.3 is 10.1 Å². The predicted molar refractivity (Wildman–Crippen MR) is 104 cm³/mol. The largest absolute Gasteiger partial charge is 0.438 e. The summed E-state index contributed by atoms with van der Waals surface area (Å²) in [6.45, 7) is 0. The molecule has 0 fully saturated rings. The minimum Gasteiger partial charge on any atom is -0.438 e. The Morgan fingerprint density at radius 1 is 1.07 bits per heavy atom. The second-order valence-electron chi connectivity index (χ2n) is 5.85. The Morgan fingerprint density at radius 3 is 2.59 bits per heavy atom. The van der Waals surface area contributed by atoms with E-state index in [-0.39, 0.29) is 16.7 Å². The molecular formula is C19H14N2O4S2. The van der Waals surface area contributed by atoms with E-state index in [2.05, 4.69) is 9.71 Å². The van der Waals surface area contributed by atoms with Crippen LogP contribution < -0.4 is 10.1 Å². The first-order valence-electron chi connectivity index (χ1n) is 8.04. The van der Waals surface area contributed by atoms with Crippen molar-refractivity contribution < 1.29 is 17.9 Å². The summed E-state index contributed by atoms with van der Waals surface area (Å²) in [6.07, 6.45) is 0.313. The molecule has 0 saturated carbocycles. The summed E-state index contributed by atoms with van der Waals surface area (Å²) in [4.78, 5) is 12.2. The molecular weight excluding hydrogens is 384 g/mol. The van der Waals surface area contributed by atoms with Gasteiger partial charge in [0.25, 0.3) is 10.0 Å². The molecule has 0 unspecified atom stereocenters. The Morgan fingerprint density at radius 2 is 1.85 bits per heavy atom. The second-order valence-corrected chi connectivity index (χ2v) is 8.20. The van der Waals surface area contributed by atoms with Crippen LogP contribution in [-0.2, 0) is 21.2 Å². The van der Waals surface area contributed by atoms with Crippen LogP contribution in [0.25, 0.3) is 0 Å². The predicted octanol–water partition coefficient (Wildman–Crippen LogP) is 3.46. The molecule has 0 aliphatic carbocycles. The number of anilines is 1. The number of hydrogen-bond donors (Lipinski definition) is 1. The van der Waals surface area contributed by atoms with Crippen LogP contribution in [0.3, 0.4) is 0 Å². The molecule has 136 valence electrons. The molecule has 2 aromatic carbocycles. The fourth-order valence-corrected chi connectivity index (χ4v) is 4.46. The van der Waals surface area contributed by atoms with Gasteiger partial charge in [-0.1, -0.05) is 12.1 Å². The number of sulfonamides is 1. The quantitative estimate of drug-likeness (QED) is 0.729. The summed E-state index contributed by atoms with van der Waals surface area (Å²) in [6, 6.07) is 15.1. The van der Waals surface area contributed by atoms with Crippen LogP contribution in [0.4, 0.5) is 5.69 Å². The van der Waals surface area contributed by atoms with Crippen LogP contribution in [0.5, 0.6) is 5.75 Å². The number of ether oxygens (including phenoxy) is 1. The molecule has 4 rings (SSSR count). The van der Waals surface area contributed by atoms with Crippen LogP contribution in [-0.4, -0.2) is 20.2 Å². The van der Waals surface area contributed by atoms with Crippen LogP contribution in [0.1, 0.15) is 11.1 Å². The Kier molecular flexibility index (Phi) is 4.51. The number of carbonyl (C=O) groups excluding carboxylic acids is 1. The van der Waals surface area contributed by atoms with Gasteiger partial charge in [0.2, 0.25) is 11.8 Å². The van der Waals surface area contributed by atoms with Gasteiger partial charge in [-0.3, -0.25) is 4.79 Å². The lowest BCUT2D eigenvalue weighted by Gasteiger charge is -2.08. The average Bonchev–Trinajstić information content (AvgIpc) is 3.23. The highest BCUT2D eigenvalue weighted by Gasteiger charge is 2.29. The Balaban J connectivity index is 1.45. The summed E-state index contributed by atoms with van der Waals surface area (Å²) < 4.78 is 33.4. The monoisotopic (exact) mass is 398 g/mol. The van der Waals surface area contributed by atoms with Crippen LogP contribution in [0.2, 0.25) is 0 Å². The van der Waals surface area contributed by atoms with Crippen molar-refractivity contribution in [1.29, 1.82) is 0 Å². The molecule has 0 bridgehead atoms. The third-order valence-corrected chi connectivity index (χ3v) is 5.95. The zero-order chi connectivity index (χ0) is 18.9. The molecule has 2 heterocycles. The van der Waals surface area contributed by atoms with Gasteiger partial charge in [0.15, 0.2) is 0 Å². The number of thiophene rings is 1. The topological polar surface area (TPSA) is 84.8 Å². The van der Waals surface area contributed by atoms with E-state index in [4.69, 9.17) is 4.74 Å². The summed E-state index contributed by atoms with van der Waals surface area (Å²) in [7, 11) is -3.72. The standard InChI is InChI=1S/C19H14N2O4S2/c22-18(11-13-9-10-26-12-13)20-14-5-7-15(8-6-14)25-19-16-3-1-2-4-17(16)27(23,24)21-19/h1-10,12H,11H2,(H,20,22). The Bertz CT molecular complexity index is 1120. The van der Waals surface area contributed by atoms with Gasteiger partial charge in [-0.25, -0.2) is 0 Å². The summed E-state index contributed by atoms with van der Waals surface area (Å²) in [5.74, 6) is 0.360. The van der Waals surface area contributed by atoms with E-state index in [0.29, 0.717) is 23.4 Å². The number of fused-ring (bicyclic) bond motifs is 1. The first kappa shape index (κ1) is 17.4. The molecule has 3 aromatic rings. The van der Waals surface area contributed by atoms with Crippen LogP contribution in [0, 0.1) is 0 Å². The molecule has 0 atom stereocenters. The summed E-state index contributed by atoms with van der Waals surface area (Å²) in [5, 5.41) is 6.68. The molecule has 0 saturated heterocycles. The lowest BCUT2D eigenvalue weighted by atomic mass is 10.2. The molecule has 8 heteroatoms. The van der Waals surface area contributed by atoms with Gasteiger partial charge >= 0.3 is 0 Å². The van der Waals surface area contributed by atoms with E-state index in [1.54, 1.807) is 53.8 Å². The van der Waals surface area contributed by atoms with Crippen molar-refractivity contribution in [3.63, 3.8) is 0 Å². The number of rotatable bonds is 4. The highest BCUT2D eigenvalue weighted by atomic mass is 32.2. The van der Waals surface area contributed by atoms with Crippen molar-refractivity contribution in [2.75, 3.05) is 5.32 Å². The van der Waals surface area contributed by atoms with E-state index in [0.717, 1.165) is 5.56 Å². The van der Waals surface area contributed by atoms with Crippen molar-refractivity contribution in [3.05, 3.63) is 76.5 Å². The maximum absolute atomic E-state index is 12.0. The summed E-state index contributed by atoms with van der Waals surface area (Å²) >= 11 is 1.55. The maximum atomic E-state index is 12.0. The van der Waals surface area contributed by atoms with E-state index < -0.39 is 10.0 Å². The number of amides is 1. The molecule has 0 spiro atoms. The molecule has 1 aliphatic rings. The number of carbonyl (C=O) groups is 1. The van der Waals surface area contributed by atoms with Crippen molar-refractivity contribution in [2.45, 2.75) is 11.3 Å². The van der Waals surface area contributed by atoms with E-state index in [9.17, 15) is 13.2 Å². The third-order valence-electron chi connectivity index (χ3n) is 3.90. The smallest absolute Gasteiger partial charge is 0.286 e. The number of nitrogens with one attached hydrogen (secondary N) is 1. The maximum Gasteiger partial charge on any atom is 0.286 e. The van der Waals surface area contributed by atoms with Crippen LogP contribution >= 0.6 is 11.3 Å². The highest BCUT2D eigenvalue weighted by molar-refractivity contribution is 7.90. The fourth-order valence-electron chi connectivity index (χ4n) is 2.65. The minimum absolute atomic E-state index is 0.0415. The van der Waals surface area contributed by atoms with Crippen molar-refractivity contribution in [2.24, 2.45) is 4.40 Å². The average molecular weight is 398 g/mol. The van der Waals surface area contributed by atoms with Crippen molar-refractivity contribution in [1.82, 2.24) is 0 Å². The van der Waals surface area contributed by atoms with Gasteiger partial charge in [-0.05, 0) is 58.8 Å². The molecule has 1 aliphatic heterocycles. The van der Waals surface area contributed by atoms with E-state index in [1.807, 2.05) is 16.8 Å². The van der Waals surface area contributed by atoms with Gasteiger partial charge in [0.05, 0.1) is 12.0 Å². The number of nitrogens with zero attached hydrogens (tertiary/aromatic N) is 1. The van der Waals surface area contributed by atoms with Gasteiger partial charge in [0.1, 0.15) is 10.6 Å². The lowest BCUT2D eigenvalue weighted by molar-refractivity contribution is -0.115. The number of hydrogen-bond acceptors (Lipinski definition) is 5. The zero-order valence-electron chi connectivity index (χ0n) is 14.0. The Labute approximate surface area is 160 Å². The first-order valence-corrected chi connectivity index (χ1v) is 10.4. The molecule has 1 aromatic heterocycles. The van der Waals surface area contributed by atoms with Gasteiger partial charge in [0, 0.05) is 5.69 Å². The first-order chi connectivity index (χ1) is 13.0.